The Kier molecular flexibility index (Phi) is 4.97. The summed E-state index contributed by atoms with van der Waals surface area (Å²) in [4.78, 5) is 0. The molecule has 2 aromatic carbocycles. The molecule has 2 nitrogen and oxygen atoms in total. The summed E-state index contributed by atoms with van der Waals surface area (Å²) in [6.45, 7) is 6.08. The maximum Gasteiger partial charge on any atom is 0.165 e. The molecule has 21 heavy (non-hydrogen) atoms. The van der Waals surface area contributed by atoms with E-state index in [4.69, 9.17) is 10.5 Å². The predicted octanol–water partition coefficient (Wildman–Crippen LogP) is 4.63. The molecule has 0 fully saturated rings. The van der Waals surface area contributed by atoms with Crippen LogP contribution in [0.3, 0.4) is 0 Å². The van der Waals surface area contributed by atoms with E-state index in [1.54, 1.807) is 6.07 Å². The Hall–Kier alpha value is -1.87. The van der Waals surface area contributed by atoms with Crippen LogP contribution < -0.4 is 10.5 Å². The maximum absolute atomic E-state index is 14.2. The fourth-order valence-electron chi connectivity index (χ4n) is 2.29. The summed E-state index contributed by atoms with van der Waals surface area (Å²) in [5.41, 5.74) is 7.68. The number of rotatable bonds is 5. The minimum absolute atomic E-state index is 0.0119. The lowest BCUT2D eigenvalue weighted by Crippen LogP contribution is -2.17. The standard InChI is InChI=1S/C18H22FNO/c1-12(2)15-6-4-5-7-17(15)21-18-9-8-14(10-13(3)20)11-16(18)19/h4-9,11-13H,10,20H2,1-3H3. The molecule has 1 unspecified atom stereocenters. The molecule has 1 atom stereocenters. The molecular formula is C18H22FNO. The zero-order chi connectivity index (χ0) is 15.4. The van der Waals surface area contributed by atoms with Crippen LogP contribution in [0.4, 0.5) is 4.39 Å². The SMILES string of the molecule is CC(N)Cc1ccc(Oc2ccccc2C(C)C)c(F)c1. The molecule has 0 aromatic heterocycles. The molecule has 0 spiro atoms. The molecule has 112 valence electrons. The van der Waals surface area contributed by atoms with Crippen LogP contribution in [-0.2, 0) is 6.42 Å². The average molecular weight is 287 g/mol. The normalized spacial score (nSPS) is 12.5. The van der Waals surface area contributed by atoms with Gasteiger partial charge in [0, 0.05) is 6.04 Å². The molecule has 3 heteroatoms. The minimum Gasteiger partial charge on any atom is -0.454 e. The van der Waals surface area contributed by atoms with Gasteiger partial charge >= 0.3 is 0 Å². The highest BCUT2D eigenvalue weighted by Gasteiger charge is 2.11. The first-order chi connectivity index (χ1) is 9.97. The van der Waals surface area contributed by atoms with Crippen LogP contribution in [0.25, 0.3) is 0 Å². The quantitative estimate of drug-likeness (QED) is 0.870. The lowest BCUT2D eigenvalue weighted by molar-refractivity contribution is 0.435. The van der Waals surface area contributed by atoms with Crippen LogP contribution in [0.1, 0.15) is 37.8 Å². The molecule has 2 aromatic rings. The first-order valence-electron chi connectivity index (χ1n) is 7.28. The molecule has 0 bridgehead atoms. The van der Waals surface area contributed by atoms with E-state index in [2.05, 4.69) is 13.8 Å². The predicted molar refractivity (Wildman–Crippen MR) is 84.4 cm³/mol. The van der Waals surface area contributed by atoms with Crippen LogP contribution in [0.15, 0.2) is 42.5 Å². The van der Waals surface area contributed by atoms with Gasteiger partial charge in [-0.05, 0) is 48.6 Å². The molecule has 2 N–H and O–H groups in total. The summed E-state index contributed by atoms with van der Waals surface area (Å²) < 4.78 is 19.9. The summed E-state index contributed by atoms with van der Waals surface area (Å²) in [7, 11) is 0. The van der Waals surface area contributed by atoms with E-state index in [0.717, 1.165) is 11.1 Å². The Bertz CT molecular complexity index is 608. The molecule has 0 heterocycles. The molecule has 0 aliphatic carbocycles. The highest BCUT2D eigenvalue weighted by molar-refractivity contribution is 5.40. The van der Waals surface area contributed by atoms with Crippen LogP contribution in [-0.4, -0.2) is 6.04 Å². The summed E-state index contributed by atoms with van der Waals surface area (Å²) in [6.07, 6.45) is 0.653. The van der Waals surface area contributed by atoms with Crippen molar-refractivity contribution in [3.05, 3.63) is 59.4 Å². The van der Waals surface area contributed by atoms with E-state index in [1.807, 2.05) is 37.3 Å². The van der Waals surface area contributed by atoms with Crippen molar-refractivity contribution in [1.29, 1.82) is 0 Å². The van der Waals surface area contributed by atoms with Crippen molar-refractivity contribution >= 4 is 0 Å². The molecule has 0 saturated heterocycles. The Morgan fingerprint density at radius 3 is 2.38 bits per heavy atom. The van der Waals surface area contributed by atoms with Crippen molar-refractivity contribution in [3.8, 4) is 11.5 Å². The summed E-state index contributed by atoms with van der Waals surface area (Å²) in [5, 5.41) is 0. The Balaban J connectivity index is 2.24. The Labute approximate surface area is 125 Å². The molecule has 0 aliphatic rings. The number of ether oxygens (including phenoxy) is 1. The number of hydrogen-bond acceptors (Lipinski definition) is 2. The molecular weight excluding hydrogens is 265 g/mol. The van der Waals surface area contributed by atoms with Crippen molar-refractivity contribution in [2.75, 3.05) is 0 Å². The van der Waals surface area contributed by atoms with Crippen LogP contribution in [0, 0.1) is 5.82 Å². The third-order valence-corrected chi connectivity index (χ3v) is 3.31. The monoisotopic (exact) mass is 287 g/mol. The maximum atomic E-state index is 14.2. The highest BCUT2D eigenvalue weighted by atomic mass is 19.1. The first kappa shape index (κ1) is 15.5. The van der Waals surface area contributed by atoms with Crippen LogP contribution >= 0.6 is 0 Å². The molecule has 0 radical (unpaired) electrons. The number of hydrogen-bond donors (Lipinski definition) is 1. The van der Waals surface area contributed by atoms with Gasteiger partial charge in [0.2, 0.25) is 0 Å². The summed E-state index contributed by atoms with van der Waals surface area (Å²) in [6, 6.07) is 12.8. The highest BCUT2D eigenvalue weighted by Crippen LogP contribution is 2.31. The zero-order valence-corrected chi connectivity index (χ0v) is 12.8. The third-order valence-electron chi connectivity index (χ3n) is 3.31. The van der Waals surface area contributed by atoms with Gasteiger partial charge in [0.1, 0.15) is 5.75 Å². The zero-order valence-electron chi connectivity index (χ0n) is 12.8. The summed E-state index contributed by atoms with van der Waals surface area (Å²) >= 11 is 0. The summed E-state index contributed by atoms with van der Waals surface area (Å²) in [5.74, 6) is 0.913. The van der Waals surface area contributed by atoms with Crippen molar-refractivity contribution < 1.29 is 9.13 Å². The topological polar surface area (TPSA) is 35.2 Å². The van der Waals surface area contributed by atoms with Gasteiger partial charge in [-0.15, -0.1) is 0 Å². The number of halogens is 1. The number of nitrogens with two attached hydrogens (primary N) is 1. The largest absolute Gasteiger partial charge is 0.454 e. The second-order valence-corrected chi connectivity index (χ2v) is 5.74. The molecule has 0 saturated carbocycles. The molecule has 0 amide bonds. The smallest absolute Gasteiger partial charge is 0.165 e. The Morgan fingerprint density at radius 2 is 1.76 bits per heavy atom. The van der Waals surface area contributed by atoms with E-state index in [9.17, 15) is 4.39 Å². The van der Waals surface area contributed by atoms with E-state index < -0.39 is 0 Å². The minimum atomic E-state index is -0.355. The van der Waals surface area contributed by atoms with Gasteiger partial charge < -0.3 is 10.5 Å². The Morgan fingerprint density at radius 1 is 1.05 bits per heavy atom. The van der Waals surface area contributed by atoms with Crippen LogP contribution in [0.5, 0.6) is 11.5 Å². The molecule has 2 rings (SSSR count). The van der Waals surface area contributed by atoms with E-state index in [1.165, 1.54) is 6.07 Å². The fourth-order valence-corrected chi connectivity index (χ4v) is 2.29. The second kappa shape index (κ2) is 6.72. The van der Waals surface area contributed by atoms with Crippen molar-refractivity contribution in [2.24, 2.45) is 5.73 Å². The van der Waals surface area contributed by atoms with E-state index >= 15 is 0 Å². The van der Waals surface area contributed by atoms with Gasteiger partial charge in [-0.1, -0.05) is 38.1 Å². The molecule has 0 aliphatic heterocycles. The second-order valence-electron chi connectivity index (χ2n) is 5.74. The van der Waals surface area contributed by atoms with Gasteiger partial charge in [0.25, 0.3) is 0 Å². The average Bonchev–Trinajstić information content (AvgIpc) is 2.41. The van der Waals surface area contributed by atoms with Gasteiger partial charge in [-0.2, -0.15) is 0 Å². The van der Waals surface area contributed by atoms with Gasteiger partial charge in [-0.25, -0.2) is 4.39 Å². The number of benzene rings is 2. The number of para-hydroxylation sites is 1. The van der Waals surface area contributed by atoms with E-state index in [-0.39, 0.29) is 17.6 Å². The van der Waals surface area contributed by atoms with Gasteiger partial charge in [0.05, 0.1) is 0 Å². The van der Waals surface area contributed by atoms with Crippen molar-refractivity contribution in [2.45, 2.75) is 39.2 Å². The van der Waals surface area contributed by atoms with Gasteiger partial charge in [0.15, 0.2) is 11.6 Å². The lowest BCUT2D eigenvalue weighted by Gasteiger charge is -2.14. The first-order valence-corrected chi connectivity index (χ1v) is 7.28. The third kappa shape index (κ3) is 4.05. The fraction of sp³-hybridized carbons (Fsp3) is 0.333. The lowest BCUT2D eigenvalue weighted by atomic mass is 10.0. The van der Waals surface area contributed by atoms with Gasteiger partial charge in [-0.3, -0.25) is 0 Å². The van der Waals surface area contributed by atoms with Crippen molar-refractivity contribution in [1.82, 2.24) is 0 Å². The van der Waals surface area contributed by atoms with Crippen LogP contribution in [0.2, 0.25) is 0 Å². The van der Waals surface area contributed by atoms with Crippen molar-refractivity contribution in [3.63, 3.8) is 0 Å². The van der Waals surface area contributed by atoms with E-state index in [0.29, 0.717) is 18.1 Å².